The summed E-state index contributed by atoms with van der Waals surface area (Å²) in [6.07, 6.45) is 3.73. The summed E-state index contributed by atoms with van der Waals surface area (Å²) in [6.45, 7) is 20.8. The van der Waals surface area contributed by atoms with Crippen LogP contribution in [0.1, 0.15) is 74.1 Å². The lowest BCUT2D eigenvalue weighted by molar-refractivity contribution is -0.119. The zero-order chi connectivity index (χ0) is 25.7. The molecule has 0 aliphatic heterocycles. The smallest absolute Gasteiger partial charge is 0.247 e. The standard InChI is InChI=1S/C26H47ClN4O3/c1-8-30(9-2)17-13-15-19(6)28-22-21(27)24(32)23(26(25(22)33)34-12-5)29-20(7)16-14-18-31(10-3)11-4/h19-20,28-29H,8-18H2,1-7H3. The van der Waals surface area contributed by atoms with Gasteiger partial charge in [0.2, 0.25) is 11.6 Å². The van der Waals surface area contributed by atoms with Crippen molar-refractivity contribution >= 4 is 23.2 Å². The number of ether oxygens (including phenoxy) is 1. The molecule has 0 bridgehead atoms. The number of ketones is 2. The van der Waals surface area contributed by atoms with E-state index >= 15 is 0 Å². The fraction of sp³-hybridized carbons (Fsp3) is 0.769. The van der Waals surface area contributed by atoms with Gasteiger partial charge in [-0.25, -0.2) is 0 Å². The Morgan fingerprint density at radius 1 is 0.765 bits per heavy atom. The molecule has 0 fully saturated rings. The summed E-state index contributed by atoms with van der Waals surface area (Å²) in [5, 5.41) is 6.35. The van der Waals surface area contributed by atoms with Crippen molar-refractivity contribution in [2.24, 2.45) is 0 Å². The number of nitrogens with one attached hydrogen (secondary N) is 2. The van der Waals surface area contributed by atoms with Crippen LogP contribution in [0.25, 0.3) is 0 Å². The van der Waals surface area contributed by atoms with Gasteiger partial charge in [0.1, 0.15) is 16.4 Å². The van der Waals surface area contributed by atoms with Crippen LogP contribution >= 0.6 is 11.6 Å². The average molecular weight is 499 g/mol. The lowest BCUT2D eigenvalue weighted by Crippen LogP contribution is -2.40. The molecule has 0 heterocycles. The molecule has 0 spiro atoms. The number of nitrogens with zero attached hydrogens (tertiary/aromatic N) is 2. The quantitative estimate of drug-likeness (QED) is 0.276. The highest BCUT2D eigenvalue weighted by Crippen LogP contribution is 2.27. The first-order chi connectivity index (χ1) is 16.2. The van der Waals surface area contributed by atoms with Gasteiger partial charge < -0.3 is 25.2 Å². The van der Waals surface area contributed by atoms with Crippen LogP contribution in [0.4, 0.5) is 0 Å². The van der Waals surface area contributed by atoms with Gasteiger partial charge in [-0.15, -0.1) is 0 Å². The van der Waals surface area contributed by atoms with Gasteiger partial charge in [0, 0.05) is 12.1 Å². The number of hydrogen-bond acceptors (Lipinski definition) is 7. The van der Waals surface area contributed by atoms with Gasteiger partial charge in [-0.1, -0.05) is 39.3 Å². The van der Waals surface area contributed by atoms with E-state index < -0.39 is 5.78 Å². The maximum Gasteiger partial charge on any atom is 0.247 e. The predicted octanol–water partition coefficient (Wildman–Crippen LogP) is 4.04. The molecule has 2 N–H and O–H groups in total. The highest BCUT2D eigenvalue weighted by molar-refractivity contribution is 6.49. The Morgan fingerprint density at radius 2 is 1.21 bits per heavy atom. The van der Waals surface area contributed by atoms with Crippen LogP contribution in [0.5, 0.6) is 0 Å². The fourth-order valence-corrected chi connectivity index (χ4v) is 4.39. The molecule has 2 unspecified atom stereocenters. The van der Waals surface area contributed by atoms with Crippen LogP contribution in [0.15, 0.2) is 22.2 Å². The number of allylic oxidation sites excluding steroid dienone is 1. The monoisotopic (exact) mass is 498 g/mol. The topological polar surface area (TPSA) is 73.9 Å². The van der Waals surface area contributed by atoms with Gasteiger partial charge in [0.15, 0.2) is 5.76 Å². The minimum atomic E-state index is -0.391. The van der Waals surface area contributed by atoms with E-state index in [1.807, 2.05) is 13.8 Å². The summed E-state index contributed by atoms with van der Waals surface area (Å²) in [5.74, 6) is -0.691. The molecule has 1 aliphatic carbocycles. The highest BCUT2D eigenvalue weighted by Gasteiger charge is 2.36. The third kappa shape index (κ3) is 9.23. The van der Waals surface area contributed by atoms with Crippen LogP contribution in [-0.2, 0) is 14.3 Å². The Hall–Kier alpha value is -1.57. The van der Waals surface area contributed by atoms with E-state index in [1.165, 1.54) is 0 Å². The van der Waals surface area contributed by atoms with Crippen molar-refractivity contribution in [3.05, 3.63) is 22.2 Å². The molecule has 34 heavy (non-hydrogen) atoms. The molecule has 0 aromatic rings. The van der Waals surface area contributed by atoms with Crippen LogP contribution < -0.4 is 10.6 Å². The summed E-state index contributed by atoms with van der Waals surface area (Å²) in [6, 6.07) is 0.0168. The van der Waals surface area contributed by atoms with Crippen LogP contribution in [0, 0.1) is 0 Å². The van der Waals surface area contributed by atoms with E-state index in [0.29, 0.717) is 6.61 Å². The molecule has 8 heteroatoms. The van der Waals surface area contributed by atoms with Crippen LogP contribution in [0.2, 0.25) is 0 Å². The molecular formula is C26H47ClN4O3. The molecule has 7 nitrogen and oxygen atoms in total. The number of hydrogen-bond donors (Lipinski definition) is 2. The molecule has 0 aromatic heterocycles. The average Bonchev–Trinajstić information content (AvgIpc) is 2.83. The van der Waals surface area contributed by atoms with Gasteiger partial charge in [-0.3, -0.25) is 9.59 Å². The SMILES string of the molecule is CCOC1=C(NC(C)CCCN(CC)CC)C(=O)C(Cl)=C(NC(C)CCCN(CC)CC)C1=O. The summed E-state index contributed by atoms with van der Waals surface area (Å²) < 4.78 is 5.66. The Balaban J connectivity index is 2.84. The van der Waals surface area contributed by atoms with Gasteiger partial charge >= 0.3 is 0 Å². The maximum absolute atomic E-state index is 13.3. The first kappa shape index (κ1) is 30.5. The molecule has 2 atom stereocenters. The zero-order valence-electron chi connectivity index (χ0n) is 22.4. The van der Waals surface area contributed by atoms with Gasteiger partial charge in [-0.05, 0) is 85.7 Å². The lowest BCUT2D eigenvalue weighted by atomic mass is 10.0. The molecule has 1 rings (SSSR count). The predicted molar refractivity (Wildman–Crippen MR) is 141 cm³/mol. The minimum Gasteiger partial charge on any atom is -0.488 e. The van der Waals surface area contributed by atoms with Crippen molar-refractivity contribution in [3.8, 4) is 0 Å². The van der Waals surface area contributed by atoms with Crippen LogP contribution in [-0.4, -0.2) is 79.3 Å². The van der Waals surface area contributed by atoms with E-state index in [4.69, 9.17) is 16.3 Å². The van der Waals surface area contributed by atoms with Crippen molar-refractivity contribution in [2.75, 3.05) is 45.9 Å². The molecule has 0 aromatic carbocycles. The summed E-state index contributed by atoms with van der Waals surface area (Å²) in [4.78, 5) is 31.1. The normalized spacial score (nSPS) is 16.5. The van der Waals surface area contributed by atoms with Crippen molar-refractivity contribution in [3.63, 3.8) is 0 Å². The third-order valence-electron chi connectivity index (χ3n) is 6.39. The number of halogens is 1. The van der Waals surface area contributed by atoms with Gasteiger partial charge in [0.05, 0.1) is 6.61 Å². The summed E-state index contributed by atoms with van der Waals surface area (Å²) in [7, 11) is 0. The second-order valence-corrected chi connectivity index (χ2v) is 9.29. The summed E-state index contributed by atoms with van der Waals surface area (Å²) >= 11 is 6.43. The third-order valence-corrected chi connectivity index (χ3v) is 6.75. The Labute approximate surface area is 212 Å². The van der Waals surface area contributed by atoms with E-state index in [2.05, 4.69) is 48.1 Å². The number of Topliss-reactive ketones (excluding diaryl/α,β-unsaturated/α-hetero) is 2. The fourth-order valence-electron chi connectivity index (χ4n) is 4.15. The zero-order valence-corrected chi connectivity index (χ0v) is 23.2. The van der Waals surface area contributed by atoms with Gasteiger partial charge in [0.25, 0.3) is 0 Å². The highest BCUT2D eigenvalue weighted by atomic mass is 35.5. The Morgan fingerprint density at radius 3 is 1.62 bits per heavy atom. The van der Waals surface area contributed by atoms with E-state index in [9.17, 15) is 9.59 Å². The second kappa shape index (κ2) is 16.2. The number of rotatable bonds is 18. The number of carbonyl (C=O) groups excluding carboxylic acids is 2. The van der Waals surface area contributed by atoms with E-state index in [-0.39, 0.29) is 40.1 Å². The summed E-state index contributed by atoms with van der Waals surface area (Å²) in [5.41, 5.74) is 0.317. The maximum atomic E-state index is 13.3. The Kier molecular flexibility index (Phi) is 14.5. The number of carbonyl (C=O) groups is 2. The molecule has 0 saturated heterocycles. The van der Waals surface area contributed by atoms with E-state index in [0.717, 1.165) is 65.0 Å². The first-order valence-electron chi connectivity index (χ1n) is 13.1. The van der Waals surface area contributed by atoms with Gasteiger partial charge in [-0.2, -0.15) is 0 Å². The molecule has 0 saturated carbocycles. The largest absolute Gasteiger partial charge is 0.488 e. The molecule has 0 radical (unpaired) electrons. The molecule has 1 aliphatic rings. The van der Waals surface area contributed by atoms with Crippen LogP contribution in [0.3, 0.4) is 0 Å². The second-order valence-electron chi connectivity index (χ2n) is 8.91. The van der Waals surface area contributed by atoms with Crippen molar-refractivity contribution < 1.29 is 14.3 Å². The Bertz CT molecular complexity index is 715. The van der Waals surface area contributed by atoms with Crippen molar-refractivity contribution in [1.82, 2.24) is 20.4 Å². The van der Waals surface area contributed by atoms with Crippen molar-refractivity contribution in [2.45, 2.75) is 86.2 Å². The van der Waals surface area contributed by atoms with E-state index in [1.54, 1.807) is 6.92 Å². The van der Waals surface area contributed by atoms with Crippen molar-refractivity contribution in [1.29, 1.82) is 0 Å². The first-order valence-corrected chi connectivity index (χ1v) is 13.4. The molecular weight excluding hydrogens is 452 g/mol. The lowest BCUT2D eigenvalue weighted by Gasteiger charge is -2.27. The molecule has 0 amide bonds. The molecule has 196 valence electrons. The minimum absolute atomic E-state index is 0.00690.